The summed E-state index contributed by atoms with van der Waals surface area (Å²) in [6.07, 6.45) is -5.25. The minimum Gasteiger partial charge on any atom is -0.477 e. The molecule has 0 radical (unpaired) electrons. The Balaban J connectivity index is 2.55. The smallest absolute Gasteiger partial charge is 0.392 e. The Bertz CT molecular complexity index is 357. The van der Waals surface area contributed by atoms with E-state index in [9.17, 15) is 13.2 Å². The molecule has 1 heterocycles. The van der Waals surface area contributed by atoms with Crippen molar-refractivity contribution in [1.29, 1.82) is 0 Å². The molecule has 1 aromatic heterocycles. The number of nitrogens with zero attached hydrogens (tertiary/aromatic N) is 1. The number of aromatic nitrogens is 1. The number of hydrogen-bond donors (Lipinski definition) is 0. The summed E-state index contributed by atoms with van der Waals surface area (Å²) in [6.45, 7) is -0.472. The van der Waals surface area contributed by atoms with Gasteiger partial charge in [0.25, 0.3) is 0 Å². The quantitative estimate of drug-likeness (QED) is 0.779. The molecule has 0 spiro atoms. The van der Waals surface area contributed by atoms with Crippen LogP contribution in [0.1, 0.15) is 12.1 Å². The van der Waals surface area contributed by atoms with Gasteiger partial charge in [-0.1, -0.05) is 11.6 Å². The Morgan fingerprint density at radius 1 is 1.31 bits per heavy atom. The molecule has 0 N–H and O–H groups in total. The second-order valence-electron chi connectivity index (χ2n) is 2.93. The van der Waals surface area contributed by atoms with E-state index >= 15 is 0 Å². The number of halogens is 5. The molecule has 0 fully saturated rings. The van der Waals surface area contributed by atoms with Crippen molar-refractivity contribution in [2.45, 2.75) is 18.5 Å². The lowest BCUT2D eigenvalue weighted by molar-refractivity contribution is -0.139. The van der Waals surface area contributed by atoms with Gasteiger partial charge in [0.15, 0.2) is 0 Å². The lowest BCUT2D eigenvalue weighted by Crippen LogP contribution is -2.13. The van der Waals surface area contributed by atoms with Crippen molar-refractivity contribution in [3.63, 3.8) is 0 Å². The topological polar surface area (TPSA) is 22.1 Å². The fraction of sp³-hybridized carbons (Fsp3) is 0.444. The summed E-state index contributed by atoms with van der Waals surface area (Å²) in [7, 11) is 0. The first-order valence-corrected chi connectivity index (χ1v) is 5.24. The van der Waals surface area contributed by atoms with Crippen molar-refractivity contribution >= 4 is 23.2 Å². The summed E-state index contributed by atoms with van der Waals surface area (Å²) in [6, 6.07) is 2.88. The maximum Gasteiger partial charge on any atom is 0.392 e. The highest BCUT2D eigenvalue weighted by atomic mass is 35.5. The third-order valence-corrected chi connectivity index (χ3v) is 2.25. The molecule has 0 bridgehead atoms. The third kappa shape index (κ3) is 4.45. The molecule has 0 aliphatic carbocycles. The largest absolute Gasteiger partial charge is 0.477 e. The van der Waals surface area contributed by atoms with Crippen molar-refractivity contribution in [3.05, 3.63) is 22.8 Å². The van der Waals surface area contributed by atoms with Gasteiger partial charge in [-0.05, 0) is 6.07 Å². The molecule has 1 rings (SSSR count). The molecule has 0 saturated heterocycles. The molecule has 1 aromatic rings. The summed E-state index contributed by atoms with van der Waals surface area (Å²) in [5.74, 6) is 0.166. The first kappa shape index (κ1) is 13.4. The first-order chi connectivity index (χ1) is 7.42. The molecule has 0 aliphatic rings. The van der Waals surface area contributed by atoms with Gasteiger partial charge in [-0.15, -0.1) is 11.6 Å². The minimum absolute atomic E-state index is 0.0787. The van der Waals surface area contributed by atoms with E-state index in [1.54, 1.807) is 0 Å². The molecule has 7 heteroatoms. The Morgan fingerprint density at radius 3 is 2.56 bits per heavy atom. The van der Waals surface area contributed by atoms with E-state index < -0.39 is 19.2 Å². The van der Waals surface area contributed by atoms with Gasteiger partial charge in [-0.3, -0.25) is 0 Å². The molecular formula is C9H8Cl2F3NO. The zero-order valence-corrected chi connectivity index (χ0v) is 9.53. The van der Waals surface area contributed by atoms with Crippen molar-refractivity contribution in [1.82, 2.24) is 4.98 Å². The van der Waals surface area contributed by atoms with E-state index in [4.69, 9.17) is 27.9 Å². The van der Waals surface area contributed by atoms with Crippen molar-refractivity contribution in [2.75, 3.05) is 6.61 Å². The maximum atomic E-state index is 11.8. The second-order valence-corrected chi connectivity index (χ2v) is 3.60. The molecule has 0 amide bonds. The third-order valence-electron chi connectivity index (χ3n) is 1.66. The SMILES string of the molecule is FC(F)(F)CCOc1ccc(Cl)c(CCl)n1. The van der Waals surface area contributed by atoms with Crippen molar-refractivity contribution < 1.29 is 17.9 Å². The predicted octanol–water partition coefficient (Wildman–Crippen LogP) is 3.81. The highest BCUT2D eigenvalue weighted by Gasteiger charge is 2.26. The van der Waals surface area contributed by atoms with E-state index in [0.717, 1.165) is 0 Å². The predicted molar refractivity (Wildman–Crippen MR) is 55.0 cm³/mol. The Morgan fingerprint density at radius 2 is 2.00 bits per heavy atom. The molecular weight excluding hydrogens is 266 g/mol. The molecule has 16 heavy (non-hydrogen) atoms. The van der Waals surface area contributed by atoms with E-state index in [2.05, 4.69) is 4.98 Å². The summed E-state index contributed by atoms with van der Waals surface area (Å²) in [5, 5.41) is 0.359. The average molecular weight is 274 g/mol. The van der Waals surface area contributed by atoms with Crippen LogP contribution in [0.25, 0.3) is 0 Å². The molecule has 0 aliphatic heterocycles. The highest BCUT2D eigenvalue weighted by Crippen LogP contribution is 2.22. The van der Waals surface area contributed by atoms with E-state index in [1.807, 2.05) is 0 Å². The van der Waals surface area contributed by atoms with Crippen LogP contribution in [-0.2, 0) is 5.88 Å². The van der Waals surface area contributed by atoms with Crippen molar-refractivity contribution in [2.24, 2.45) is 0 Å². The number of rotatable bonds is 4. The van der Waals surface area contributed by atoms with Crippen LogP contribution in [0.4, 0.5) is 13.2 Å². The lowest BCUT2D eigenvalue weighted by Gasteiger charge is -2.08. The van der Waals surface area contributed by atoms with Crippen LogP contribution in [0.15, 0.2) is 12.1 Å². The van der Waals surface area contributed by atoms with Crippen LogP contribution in [0.2, 0.25) is 5.02 Å². The van der Waals surface area contributed by atoms with Gasteiger partial charge in [-0.25, -0.2) is 4.98 Å². The molecule has 0 saturated carbocycles. The van der Waals surface area contributed by atoms with Gasteiger partial charge in [-0.2, -0.15) is 13.2 Å². The normalized spacial score (nSPS) is 11.6. The summed E-state index contributed by atoms with van der Waals surface area (Å²) in [4.78, 5) is 3.86. The fourth-order valence-electron chi connectivity index (χ4n) is 0.910. The first-order valence-electron chi connectivity index (χ1n) is 4.33. The Labute approximate surface area is 100 Å². The van der Waals surface area contributed by atoms with Gasteiger partial charge in [0, 0.05) is 6.07 Å². The zero-order valence-electron chi connectivity index (χ0n) is 8.02. The van der Waals surface area contributed by atoms with E-state index in [0.29, 0.717) is 10.7 Å². The van der Waals surface area contributed by atoms with Crippen LogP contribution in [0, 0.1) is 0 Å². The standard InChI is InChI=1S/C9H8Cl2F3NO/c10-5-7-6(11)1-2-8(15-7)16-4-3-9(12,13)14/h1-2H,3-5H2. The Hall–Kier alpha value is -0.680. The van der Waals surface area contributed by atoms with Gasteiger partial charge >= 0.3 is 6.18 Å². The van der Waals surface area contributed by atoms with Gasteiger partial charge in [0.2, 0.25) is 5.88 Å². The maximum absolute atomic E-state index is 11.8. The van der Waals surface area contributed by atoms with Gasteiger partial charge in [0.05, 0.1) is 29.6 Å². The molecule has 2 nitrogen and oxygen atoms in total. The molecule has 0 unspecified atom stereocenters. The number of ether oxygens (including phenoxy) is 1. The number of hydrogen-bond acceptors (Lipinski definition) is 2. The van der Waals surface area contributed by atoms with Crippen LogP contribution in [0.5, 0.6) is 5.88 Å². The Kier molecular flexibility index (Phi) is 4.68. The van der Waals surface area contributed by atoms with E-state index in [-0.39, 0.29) is 11.8 Å². The highest BCUT2D eigenvalue weighted by molar-refractivity contribution is 6.32. The minimum atomic E-state index is -4.23. The second kappa shape index (κ2) is 5.59. The van der Waals surface area contributed by atoms with Crippen LogP contribution >= 0.6 is 23.2 Å². The van der Waals surface area contributed by atoms with Gasteiger partial charge < -0.3 is 4.74 Å². The van der Waals surface area contributed by atoms with Crippen molar-refractivity contribution in [3.8, 4) is 5.88 Å². The summed E-state index contributed by atoms with van der Waals surface area (Å²) in [5.41, 5.74) is 0.382. The number of pyridine rings is 1. The fourth-order valence-corrected chi connectivity index (χ4v) is 1.35. The monoisotopic (exact) mass is 273 g/mol. The molecule has 90 valence electrons. The average Bonchev–Trinajstić information content (AvgIpc) is 2.18. The number of alkyl halides is 4. The molecule has 0 atom stereocenters. The summed E-state index contributed by atoms with van der Waals surface area (Å²) < 4.78 is 40.3. The van der Waals surface area contributed by atoms with Crippen LogP contribution < -0.4 is 4.74 Å². The zero-order chi connectivity index (χ0) is 12.2. The lowest BCUT2D eigenvalue weighted by atomic mass is 10.4. The van der Waals surface area contributed by atoms with Crippen LogP contribution in [-0.4, -0.2) is 17.8 Å². The van der Waals surface area contributed by atoms with Crippen LogP contribution in [0.3, 0.4) is 0 Å². The summed E-state index contributed by atoms with van der Waals surface area (Å²) >= 11 is 11.2. The van der Waals surface area contributed by atoms with Gasteiger partial charge in [0.1, 0.15) is 0 Å². The van der Waals surface area contributed by atoms with E-state index in [1.165, 1.54) is 12.1 Å². The molecule has 0 aromatic carbocycles.